The van der Waals surface area contributed by atoms with Crippen molar-refractivity contribution in [2.24, 2.45) is 0 Å². The lowest BCUT2D eigenvalue weighted by atomic mass is 10.2. The van der Waals surface area contributed by atoms with Gasteiger partial charge in [-0.15, -0.1) is 6.42 Å². The summed E-state index contributed by atoms with van der Waals surface area (Å²) >= 11 is 0. The van der Waals surface area contributed by atoms with Crippen LogP contribution in [-0.2, 0) is 0 Å². The molecule has 1 aromatic rings. The predicted octanol–water partition coefficient (Wildman–Crippen LogP) is 1.81. The Balaban J connectivity index is 2.83. The highest BCUT2D eigenvalue weighted by molar-refractivity contribution is 5.45. The van der Waals surface area contributed by atoms with Gasteiger partial charge in [-0.05, 0) is 6.42 Å². The first kappa shape index (κ1) is 11.0. The highest BCUT2D eigenvalue weighted by Gasteiger charge is 2.08. The first-order valence-corrected chi connectivity index (χ1v) is 4.50. The van der Waals surface area contributed by atoms with Gasteiger partial charge in [0, 0.05) is 12.3 Å². The highest BCUT2D eigenvalue weighted by atomic mass is 16.6. The number of nitro groups is 1. The van der Waals surface area contributed by atoms with E-state index in [2.05, 4.69) is 16.2 Å². The average molecular weight is 205 g/mol. The van der Waals surface area contributed by atoms with Crippen molar-refractivity contribution in [2.45, 2.75) is 19.4 Å². The second kappa shape index (κ2) is 4.96. The van der Waals surface area contributed by atoms with Gasteiger partial charge in [0.1, 0.15) is 5.82 Å². The molecule has 0 bridgehead atoms. The molecule has 1 unspecified atom stereocenters. The van der Waals surface area contributed by atoms with Gasteiger partial charge in [0.05, 0.1) is 17.0 Å². The smallest absolute Gasteiger partial charge is 0.274 e. The number of terminal acetylenes is 1. The van der Waals surface area contributed by atoms with E-state index in [4.69, 9.17) is 6.42 Å². The summed E-state index contributed by atoms with van der Waals surface area (Å²) in [7, 11) is 0. The monoisotopic (exact) mass is 205 g/mol. The fourth-order valence-electron chi connectivity index (χ4n) is 1.05. The minimum atomic E-state index is -0.469. The number of hydrogen-bond donors (Lipinski definition) is 1. The number of pyridine rings is 1. The zero-order chi connectivity index (χ0) is 11.3. The maximum Gasteiger partial charge on any atom is 0.274 e. The lowest BCUT2D eigenvalue weighted by Gasteiger charge is -2.10. The zero-order valence-corrected chi connectivity index (χ0v) is 8.30. The van der Waals surface area contributed by atoms with Crippen LogP contribution in [0.5, 0.6) is 0 Å². The molecule has 0 radical (unpaired) electrons. The Kier molecular flexibility index (Phi) is 3.63. The molecule has 1 atom stereocenters. The second-order valence-electron chi connectivity index (χ2n) is 2.93. The van der Waals surface area contributed by atoms with Crippen LogP contribution in [0.25, 0.3) is 0 Å². The van der Waals surface area contributed by atoms with Crippen molar-refractivity contribution < 1.29 is 4.92 Å². The molecule has 0 saturated heterocycles. The molecular weight excluding hydrogens is 194 g/mol. The summed E-state index contributed by atoms with van der Waals surface area (Å²) in [4.78, 5) is 14.0. The van der Waals surface area contributed by atoms with Gasteiger partial charge in [-0.1, -0.05) is 12.8 Å². The normalized spacial score (nSPS) is 11.5. The van der Waals surface area contributed by atoms with E-state index in [0.29, 0.717) is 5.82 Å². The maximum atomic E-state index is 10.5. The summed E-state index contributed by atoms with van der Waals surface area (Å²) in [6.45, 7) is 1.93. The van der Waals surface area contributed by atoms with Crippen LogP contribution in [0.3, 0.4) is 0 Å². The Bertz CT molecular complexity index is 398. The molecule has 0 aliphatic heterocycles. The first-order chi connectivity index (χ1) is 7.17. The van der Waals surface area contributed by atoms with Gasteiger partial charge < -0.3 is 5.32 Å². The van der Waals surface area contributed by atoms with Gasteiger partial charge >= 0.3 is 0 Å². The number of rotatable bonds is 4. The van der Waals surface area contributed by atoms with Crippen LogP contribution in [-0.4, -0.2) is 15.9 Å². The molecule has 1 heterocycles. The number of hydrogen-bond acceptors (Lipinski definition) is 4. The van der Waals surface area contributed by atoms with Crippen LogP contribution < -0.4 is 5.32 Å². The number of nitrogens with one attached hydrogen (secondary N) is 1. The quantitative estimate of drug-likeness (QED) is 0.462. The maximum absolute atomic E-state index is 10.5. The van der Waals surface area contributed by atoms with Gasteiger partial charge in [-0.2, -0.15) is 0 Å². The molecule has 5 heteroatoms. The van der Waals surface area contributed by atoms with Crippen molar-refractivity contribution in [3.8, 4) is 12.3 Å². The van der Waals surface area contributed by atoms with E-state index in [1.165, 1.54) is 18.3 Å². The summed E-state index contributed by atoms with van der Waals surface area (Å²) in [6, 6.07) is 2.54. The third kappa shape index (κ3) is 2.95. The second-order valence-corrected chi connectivity index (χ2v) is 2.93. The predicted molar refractivity (Wildman–Crippen MR) is 57.4 cm³/mol. The fourth-order valence-corrected chi connectivity index (χ4v) is 1.05. The van der Waals surface area contributed by atoms with Gasteiger partial charge in [-0.3, -0.25) is 10.1 Å². The van der Waals surface area contributed by atoms with Gasteiger partial charge in [0.25, 0.3) is 5.69 Å². The Morgan fingerprint density at radius 1 is 1.80 bits per heavy atom. The Morgan fingerprint density at radius 2 is 2.53 bits per heavy atom. The molecule has 0 spiro atoms. The molecule has 1 N–H and O–H groups in total. The summed E-state index contributed by atoms with van der Waals surface area (Å²) in [6.07, 6.45) is 7.37. The summed E-state index contributed by atoms with van der Waals surface area (Å²) < 4.78 is 0. The molecule has 0 aliphatic carbocycles. The molecule has 1 aromatic heterocycles. The van der Waals surface area contributed by atoms with Crippen molar-refractivity contribution in [1.29, 1.82) is 0 Å². The standard InChI is InChI=1S/C10H11N3O2/c1-3-8(4-2)12-10-7-9(13(14)15)5-6-11-10/h1,5-8H,4H2,2H3,(H,11,12). The average Bonchev–Trinajstić information content (AvgIpc) is 2.26. The summed E-state index contributed by atoms with van der Waals surface area (Å²) in [5, 5.41) is 13.4. The molecule has 0 fully saturated rings. The van der Waals surface area contributed by atoms with E-state index < -0.39 is 4.92 Å². The molecule has 0 aromatic carbocycles. The largest absolute Gasteiger partial charge is 0.356 e. The number of nitrogens with zero attached hydrogens (tertiary/aromatic N) is 2. The SMILES string of the molecule is C#CC(CC)Nc1cc([N+](=O)[O-])ccn1. The van der Waals surface area contributed by atoms with Crippen molar-refractivity contribution >= 4 is 11.5 Å². The Hall–Kier alpha value is -2.09. The highest BCUT2D eigenvalue weighted by Crippen LogP contribution is 2.15. The molecule has 0 aliphatic rings. The van der Waals surface area contributed by atoms with Gasteiger partial charge in [0.2, 0.25) is 0 Å². The third-order valence-corrected chi connectivity index (χ3v) is 1.89. The van der Waals surface area contributed by atoms with E-state index in [1.807, 2.05) is 6.92 Å². The Morgan fingerprint density at radius 3 is 3.07 bits per heavy atom. The molecule has 0 amide bonds. The lowest BCUT2D eigenvalue weighted by molar-refractivity contribution is -0.384. The van der Waals surface area contributed by atoms with Crippen LogP contribution >= 0.6 is 0 Å². The van der Waals surface area contributed by atoms with E-state index >= 15 is 0 Å². The number of anilines is 1. The van der Waals surface area contributed by atoms with Crippen molar-refractivity contribution in [1.82, 2.24) is 4.98 Å². The topological polar surface area (TPSA) is 68.1 Å². The van der Waals surface area contributed by atoms with E-state index in [1.54, 1.807) is 0 Å². The fraction of sp³-hybridized carbons (Fsp3) is 0.300. The van der Waals surface area contributed by atoms with Gasteiger partial charge in [0.15, 0.2) is 0 Å². The van der Waals surface area contributed by atoms with Crippen LogP contribution in [0.4, 0.5) is 11.5 Å². The molecule has 15 heavy (non-hydrogen) atoms. The van der Waals surface area contributed by atoms with Crippen LogP contribution in [0.2, 0.25) is 0 Å². The summed E-state index contributed by atoms with van der Waals surface area (Å²) in [5.41, 5.74) is -0.000579. The molecular formula is C10H11N3O2. The van der Waals surface area contributed by atoms with E-state index in [-0.39, 0.29) is 11.7 Å². The molecule has 5 nitrogen and oxygen atoms in total. The molecule has 78 valence electrons. The van der Waals surface area contributed by atoms with Crippen molar-refractivity contribution in [3.05, 3.63) is 28.4 Å². The van der Waals surface area contributed by atoms with E-state index in [0.717, 1.165) is 6.42 Å². The minimum Gasteiger partial charge on any atom is -0.356 e. The lowest BCUT2D eigenvalue weighted by Crippen LogP contribution is -2.16. The summed E-state index contributed by atoms with van der Waals surface area (Å²) in [5.74, 6) is 2.95. The minimum absolute atomic E-state index is 0.000579. The van der Waals surface area contributed by atoms with Crippen molar-refractivity contribution in [3.63, 3.8) is 0 Å². The number of aromatic nitrogens is 1. The van der Waals surface area contributed by atoms with Crippen LogP contribution in [0.15, 0.2) is 18.3 Å². The van der Waals surface area contributed by atoms with Crippen molar-refractivity contribution in [2.75, 3.05) is 5.32 Å². The Labute approximate surface area is 87.7 Å². The molecule has 0 saturated carbocycles. The zero-order valence-electron chi connectivity index (χ0n) is 8.30. The first-order valence-electron chi connectivity index (χ1n) is 4.50. The van der Waals surface area contributed by atoms with Crippen LogP contribution in [0, 0.1) is 22.5 Å². The van der Waals surface area contributed by atoms with E-state index in [9.17, 15) is 10.1 Å². The van der Waals surface area contributed by atoms with Crippen LogP contribution in [0.1, 0.15) is 13.3 Å². The third-order valence-electron chi connectivity index (χ3n) is 1.89. The van der Waals surface area contributed by atoms with Gasteiger partial charge in [-0.25, -0.2) is 4.98 Å². The molecule has 1 rings (SSSR count).